The number of hydrogen-bond acceptors (Lipinski definition) is 4. The number of rotatable bonds is 8. The van der Waals surface area contributed by atoms with Gasteiger partial charge in [0.25, 0.3) is 0 Å². The first-order valence-electron chi connectivity index (χ1n) is 6.97. The maximum Gasteiger partial charge on any atom is 0.0900 e. The van der Waals surface area contributed by atoms with Crippen LogP contribution in [0, 0.1) is 0 Å². The Kier molecular flexibility index (Phi) is 7.77. The normalized spacial score (nSPS) is 20.6. The molecule has 4 heteroatoms. The van der Waals surface area contributed by atoms with Crippen LogP contribution in [0.25, 0.3) is 0 Å². The van der Waals surface area contributed by atoms with Crippen LogP contribution in [0.1, 0.15) is 33.1 Å². The summed E-state index contributed by atoms with van der Waals surface area (Å²) in [5, 5.41) is 13.3. The molecule has 4 nitrogen and oxygen atoms in total. The highest BCUT2D eigenvalue weighted by molar-refractivity contribution is 4.78. The average Bonchev–Trinajstić information content (AvgIpc) is 2.35. The SMILES string of the molecule is CCCNC1CCN(CC(O)COCC)CC1. The van der Waals surface area contributed by atoms with Crippen molar-refractivity contribution < 1.29 is 9.84 Å². The second-order valence-electron chi connectivity index (χ2n) is 4.84. The molecule has 0 bridgehead atoms. The maximum atomic E-state index is 9.76. The van der Waals surface area contributed by atoms with Crippen LogP contribution >= 0.6 is 0 Å². The van der Waals surface area contributed by atoms with E-state index in [1.54, 1.807) is 0 Å². The van der Waals surface area contributed by atoms with Crippen molar-refractivity contribution in [3.05, 3.63) is 0 Å². The first-order valence-corrected chi connectivity index (χ1v) is 6.97. The van der Waals surface area contributed by atoms with E-state index in [1.807, 2.05) is 6.92 Å². The van der Waals surface area contributed by atoms with Gasteiger partial charge in [0.1, 0.15) is 0 Å². The van der Waals surface area contributed by atoms with Crippen LogP contribution < -0.4 is 5.32 Å². The van der Waals surface area contributed by atoms with Gasteiger partial charge in [-0.2, -0.15) is 0 Å². The van der Waals surface area contributed by atoms with E-state index in [4.69, 9.17) is 4.74 Å². The lowest BCUT2D eigenvalue weighted by Gasteiger charge is -2.33. The summed E-state index contributed by atoms with van der Waals surface area (Å²) in [5.41, 5.74) is 0. The first-order chi connectivity index (χ1) is 8.26. The molecule has 102 valence electrons. The lowest BCUT2D eigenvalue weighted by molar-refractivity contribution is 0.0161. The van der Waals surface area contributed by atoms with E-state index in [0.29, 0.717) is 19.3 Å². The molecule has 1 rings (SSSR count). The highest BCUT2D eigenvalue weighted by Gasteiger charge is 2.20. The quantitative estimate of drug-likeness (QED) is 0.664. The molecule has 2 N–H and O–H groups in total. The molecule has 0 radical (unpaired) electrons. The number of likely N-dealkylation sites (tertiary alicyclic amines) is 1. The minimum absolute atomic E-state index is 0.338. The molecule has 0 saturated carbocycles. The number of ether oxygens (including phenoxy) is 1. The summed E-state index contributed by atoms with van der Waals surface area (Å²) in [6, 6.07) is 0.676. The van der Waals surface area contributed by atoms with Crippen molar-refractivity contribution in [3.63, 3.8) is 0 Å². The van der Waals surface area contributed by atoms with Crippen molar-refractivity contribution in [2.75, 3.05) is 39.4 Å². The summed E-state index contributed by atoms with van der Waals surface area (Å²) in [4.78, 5) is 2.34. The molecule has 17 heavy (non-hydrogen) atoms. The third kappa shape index (κ3) is 6.36. The van der Waals surface area contributed by atoms with Gasteiger partial charge in [0.05, 0.1) is 12.7 Å². The molecule has 1 aliphatic heterocycles. The highest BCUT2D eigenvalue weighted by Crippen LogP contribution is 2.10. The molecule has 1 aliphatic rings. The fourth-order valence-corrected chi connectivity index (χ4v) is 2.27. The third-order valence-electron chi connectivity index (χ3n) is 3.25. The standard InChI is InChI=1S/C13H28N2O2/c1-3-7-14-12-5-8-15(9-6-12)10-13(16)11-17-4-2/h12-14,16H,3-11H2,1-2H3. The Bertz CT molecular complexity index is 182. The number of aliphatic hydroxyl groups is 1. The van der Waals surface area contributed by atoms with E-state index in [0.717, 1.165) is 26.2 Å². The van der Waals surface area contributed by atoms with Crippen LogP contribution in [-0.4, -0.2) is 61.5 Å². The van der Waals surface area contributed by atoms with Crippen LogP contribution in [0.15, 0.2) is 0 Å². The van der Waals surface area contributed by atoms with Crippen molar-refractivity contribution in [3.8, 4) is 0 Å². The lowest BCUT2D eigenvalue weighted by atomic mass is 10.0. The molecule has 0 aromatic carbocycles. The largest absolute Gasteiger partial charge is 0.389 e. The Hall–Kier alpha value is -0.160. The molecule has 0 amide bonds. The fourth-order valence-electron chi connectivity index (χ4n) is 2.27. The molecule has 1 saturated heterocycles. The van der Waals surface area contributed by atoms with Gasteiger partial charge < -0.3 is 20.1 Å². The monoisotopic (exact) mass is 244 g/mol. The van der Waals surface area contributed by atoms with Crippen molar-refractivity contribution >= 4 is 0 Å². The first kappa shape index (κ1) is 14.9. The van der Waals surface area contributed by atoms with E-state index >= 15 is 0 Å². The van der Waals surface area contributed by atoms with Gasteiger partial charge >= 0.3 is 0 Å². The van der Waals surface area contributed by atoms with Gasteiger partial charge in [-0.25, -0.2) is 0 Å². The zero-order valence-corrected chi connectivity index (χ0v) is 11.3. The summed E-state index contributed by atoms with van der Waals surface area (Å²) in [7, 11) is 0. The summed E-state index contributed by atoms with van der Waals surface area (Å²) in [5.74, 6) is 0. The summed E-state index contributed by atoms with van der Waals surface area (Å²) >= 11 is 0. The number of piperidine rings is 1. The molecule has 1 unspecified atom stereocenters. The molecule has 0 aliphatic carbocycles. The van der Waals surface area contributed by atoms with Gasteiger partial charge in [-0.05, 0) is 45.8 Å². The predicted molar refractivity (Wildman–Crippen MR) is 70.3 cm³/mol. The van der Waals surface area contributed by atoms with E-state index in [1.165, 1.54) is 19.3 Å². The van der Waals surface area contributed by atoms with Crippen LogP contribution in [0.2, 0.25) is 0 Å². The zero-order valence-electron chi connectivity index (χ0n) is 11.3. The second-order valence-corrected chi connectivity index (χ2v) is 4.84. The van der Waals surface area contributed by atoms with Gasteiger partial charge in [-0.3, -0.25) is 0 Å². The van der Waals surface area contributed by atoms with Crippen molar-refractivity contribution in [2.45, 2.75) is 45.3 Å². The van der Waals surface area contributed by atoms with Crippen LogP contribution in [-0.2, 0) is 4.74 Å². The molecule has 0 aromatic rings. The average molecular weight is 244 g/mol. The molecule has 0 aromatic heterocycles. The van der Waals surface area contributed by atoms with Gasteiger partial charge in [-0.1, -0.05) is 6.92 Å². The third-order valence-corrected chi connectivity index (χ3v) is 3.25. The van der Waals surface area contributed by atoms with Gasteiger partial charge in [-0.15, -0.1) is 0 Å². The summed E-state index contributed by atoms with van der Waals surface area (Å²) in [6.07, 6.45) is 3.26. The number of nitrogens with one attached hydrogen (secondary N) is 1. The van der Waals surface area contributed by atoms with E-state index < -0.39 is 0 Å². The Labute approximate surface area is 105 Å². The van der Waals surface area contributed by atoms with Crippen molar-refractivity contribution in [1.82, 2.24) is 10.2 Å². The predicted octanol–water partition coefficient (Wildman–Crippen LogP) is 0.848. The van der Waals surface area contributed by atoms with Gasteiger partial charge in [0.2, 0.25) is 0 Å². The van der Waals surface area contributed by atoms with Crippen LogP contribution in [0.3, 0.4) is 0 Å². The van der Waals surface area contributed by atoms with Crippen LogP contribution in [0.4, 0.5) is 0 Å². The smallest absolute Gasteiger partial charge is 0.0900 e. The zero-order chi connectivity index (χ0) is 12.5. The Morgan fingerprint density at radius 1 is 1.35 bits per heavy atom. The molecule has 1 atom stereocenters. The highest BCUT2D eigenvalue weighted by atomic mass is 16.5. The summed E-state index contributed by atoms with van der Waals surface area (Å²) < 4.78 is 5.22. The van der Waals surface area contributed by atoms with E-state index in [2.05, 4.69) is 17.1 Å². The minimum Gasteiger partial charge on any atom is -0.389 e. The number of aliphatic hydroxyl groups excluding tert-OH is 1. The number of β-amino-alcohol motifs (C(OH)–C–C–N with tert-alkyl or cyclic N) is 1. The Morgan fingerprint density at radius 2 is 2.06 bits per heavy atom. The maximum absolute atomic E-state index is 9.76. The van der Waals surface area contributed by atoms with E-state index in [-0.39, 0.29) is 6.10 Å². The van der Waals surface area contributed by atoms with Gasteiger partial charge in [0.15, 0.2) is 0 Å². The molecule has 1 fully saturated rings. The number of nitrogens with zero attached hydrogens (tertiary/aromatic N) is 1. The van der Waals surface area contributed by atoms with Gasteiger partial charge in [0, 0.05) is 19.2 Å². The molecule has 1 heterocycles. The van der Waals surface area contributed by atoms with Crippen molar-refractivity contribution in [2.24, 2.45) is 0 Å². The van der Waals surface area contributed by atoms with E-state index in [9.17, 15) is 5.11 Å². The summed E-state index contributed by atoms with van der Waals surface area (Å²) in [6.45, 7) is 9.35. The Balaban J connectivity index is 2.09. The Morgan fingerprint density at radius 3 is 2.65 bits per heavy atom. The van der Waals surface area contributed by atoms with Crippen LogP contribution in [0.5, 0.6) is 0 Å². The second kappa shape index (κ2) is 8.86. The lowest BCUT2D eigenvalue weighted by Crippen LogP contribution is -2.45. The molecular weight excluding hydrogens is 216 g/mol. The molecular formula is C13H28N2O2. The molecule has 0 spiro atoms. The van der Waals surface area contributed by atoms with Crippen molar-refractivity contribution in [1.29, 1.82) is 0 Å². The topological polar surface area (TPSA) is 44.7 Å². The minimum atomic E-state index is -0.338. The number of hydrogen-bond donors (Lipinski definition) is 2. The fraction of sp³-hybridized carbons (Fsp3) is 1.00.